The fraction of sp³-hybridized carbons (Fsp3) is 0.333. The van der Waals surface area contributed by atoms with Gasteiger partial charge in [0, 0.05) is 17.8 Å². The van der Waals surface area contributed by atoms with Crippen LogP contribution in [0.4, 0.5) is 5.82 Å². The van der Waals surface area contributed by atoms with Crippen LogP contribution in [0.1, 0.15) is 24.6 Å². The molecule has 0 aliphatic rings. The van der Waals surface area contributed by atoms with Crippen LogP contribution in [0.15, 0.2) is 30.3 Å². The van der Waals surface area contributed by atoms with Gasteiger partial charge in [-0.25, -0.2) is 9.97 Å². The van der Waals surface area contributed by atoms with Crippen molar-refractivity contribution >= 4 is 16.9 Å². The Labute approximate surface area is 135 Å². The molecular weight excluding hydrogens is 288 g/mol. The summed E-state index contributed by atoms with van der Waals surface area (Å²) in [6.07, 6.45) is 0.318. The monoisotopic (exact) mass is 310 g/mol. The van der Waals surface area contributed by atoms with Crippen molar-refractivity contribution in [3.05, 3.63) is 41.6 Å². The summed E-state index contributed by atoms with van der Waals surface area (Å²) in [6, 6.07) is 9.91. The summed E-state index contributed by atoms with van der Waals surface area (Å²) < 4.78 is 0. The number of aryl methyl sites for hydroxylation is 2. The van der Waals surface area contributed by atoms with Crippen LogP contribution in [0.3, 0.4) is 0 Å². The normalized spacial score (nSPS) is 12.5. The predicted octanol–water partition coefficient (Wildman–Crippen LogP) is 3.42. The molecule has 1 atom stereocenters. The second-order valence-corrected chi connectivity index (χ2v) is 5.80. The predicted molar refractivity (Wildman–Crippen MR) is 93.6 cm³/mol. The molecule has 3 rings (SSSR count). The molecule has 3 aromatic rings. The highest BCUT2D eigenvalue weighted by Crippen LogP contribution is 2.29. The minimum absolute atomic E-state index is 0.388. The molecule has 0 amide bonds. The third kappa shape index (κ3) is 3.05. The summed E-state index contributed by atoms with van der Waals surface area (Å²) in [7, 11) is 0. The molecule has 1 unspecified atom stereocenters. The zero-order chi connectivity index (χ0) is 16.4. The molecule has 3 N–H and O–H groups in total. The third-order valence-electron chi connectivity index (χ3n) is 4.16. The lowest BCUT2D eigenvalue weighted by Crippen LogP contribution is -2.19. The van der Waals surface area contributed by atoms with Crippen LogP contribution in [0.25, 0.3) is 22.4 Å². The Morgan fingerprint density at radius 2 is 1.91 bits per heavy atom. The van der Waals surface area contributed by atoms with Gasteiger partial charge in [0.05, 0.1) is 11.5 Å². The number of benzene rings is 1. The molecule has 1 aromatic carbocycles. The van der Waals surface area contributed by atoms with Gasteiger partial charge in [0.15, 0.2) is 5.82 Å². The molecule has 2 heterocycles. The smallest absolute Gasteiger partial charge is 0.163 e. The second kappa shape index (κ2) is 6.38. The number of rotatable bonds is 5. The van der Waals surface area contributed by atoms with Crippen LogP contribution in [-0.2, 0) is 0 Å². The number of aliphatic hydroxyl groups excluding tert-OH is 1. The van der Waals surface area contributed by atoms with Crippen molar-refractivity contribution in [1.82, 2.24) is 15.0 Å². The number of H-pyrrole nitrogens is 1. The highest BCUT2D eigenvalue weighted by molar-refractivity contribution is 5.92. The van der Waals surface area contributed by atoms with Crippen LogP contribution in [0.5, 0.6) is 0 Å². The fourth-order valence-electron chi connectivity index (χ4n) is 2.57. The first-order valence-corrected chi connectivity index (χ1v) is 7.94. The molecule has 0 saturated heterocycles. The Kier molecular flexibility index (Phi) is 4.30. The van der Waals surface area contributed by atoms with Gasteiger partial charge in [0.1, 0.15) is 11.5 Å². The van der Waals surface area contributed by atoms with E-state index in [-0.39, 0.29) is 6.10 Å². The maximum absolute atomic E-state index is 9.84. The van der Waals surface area contributed by atoms with E-state index in [1.54, 1.807) is 0 Å². The number of nitrogens with one attached hydrogen (secondary N) is 2. The summed E-state index contributed by atoms with van der Waals surface area (Å²) in [5.74, 6) is 1.44. The third-order valence-corrected chi connectivity index (χ3v) is 4.16. The van der Waals surface area contributed by atoms with Gasteiger partial charge in [-0.05, 0) is 25.8 Å². The molecule has 120 valence electrons. The van der Waals surface area contributed by atoms with E-state index >= 15 is 0 Å². The Bertz CT molecular complexity index is 811. The number of anilines is 1. The Balaban J connectivity index is 2.10. The Morgan fingerprint density at radius 1 is 1.17 bits per heavy atom. The van der Waals surface area contributed by atoms with E-state index in [0.29, 0.717) is 18.8 Å². The quantitative estimate of drug-likeness (QED) is 0.675. The van der Waals surface area contributed by atoms with Gasteiger partial charge in [0.25, 0.3) is 0 Å². The molecule has 0 aliphatic heterocycles. The van der Waals surface area contributed by atoms with E-state index in [2.05, 4.69) is 22.2 Å². The average Bonchev–Trinajstić information content (AvgIpc) is 2.87. The highest BCUT2D eigenvalue weighted by atomic mass is 16.3. The molecule has 23 heavy (non-hydrogen) atoms. The number of aliphatic hydroxyl groups is 1. The van der Waals surface area contributed by atoms with Crippen LogP contribution in [0, 0.1) is 13.8 Å². The highest BCUT2D eigenvalue weighted by Gasteiger charge is 2.15. The lowest BCUT2D eigenvalue weighted by Gasteiger charge is -2.12. The molecule has 0 aliphatic carbocycles. The number of hydrogen-bond donors (Lipinski definition) is 3. The van der Waals surface area contributed by atoms with Crippen molar-refractivity contribution in [3.8, 4) is 11.4 Å². The maximum Gasteiger partial charge on any atom is 0.163 e. The van der Waals surface area contributed by atoms with Crippen LogP contribution < -0.4 is 5.32 Å². The summed E-state index contributed by atoms with van der Waals surface area (Å²) >= 11 is 0. The van der Waals surface area contributed by atoms with Gasteiger partial charge in [0.2, 0.25) is 0 Å². The first-order valence-electron chi connectivity index (χ1n) is 7.94. The molecular formula is C18H22N4O. The zero-order valence-corrected chi connectivity index (χ0v) is 13.7. The number of aromatic nitrogens is 3. The fourth-order valence-corrected chi connectivity index (χ4v) is 2.57. The lowest BCUT2D eigenvalue weighted by atomic mass is 10.2. The minimum atomic E-state index is -0.388. The van der Waals surface area contributed by atoms with Crippen molar-refractivity contribution in [2.24, 2.45) is 0 Å². The van der Waals surface area contributed by atoms with E-state index in [0.717, 1.165) is 33.7 Å². The number of hydrogen-bond acceptors (Lipinski definition) is 4. The number of nitrogens with zero attached hydrogens (tertiary/aromatic N) is 2. The van der Waals surface area contributed by atoms with Crippen molar-refractivity contribution in [3.63, 3.8) is 0 Å². The number of fused-ring (bicyclic) bond motifs is 1. The molecule has 0 saturated carbocycles. The van der Waals surface area contributed by atoms with E-state index < -0.39 is 0 Å². The van der Waals surface area contributed by atoms with E-state index in [9.17, 15) is 5.11 Å². The molecule has 5 heteroatoms. The van der Waals surface area contributed by atoms with E-state index in [1.807, 2.05) is 44.2 Å². The van der Waals surface area contributed by atoms with Gasteiger partial charge in [-0.2, -0.15) is 0 Å². The van der Waals surface area contributed by atoms with Crippen molar-refractivity contribution < 1.29 is 5.11 Å². The van der Waals surface area contributed by atoms with Crippen LogP contribution in [-0.4, -0.2) is 32.7 Å². The Morgan fingerprint density at radius 3 is 2.61 bits per heavy atom. The summed E-state index contributed by atoms with van der Waals surface area (Å²) in [5.41, 5.74) is 4.01. The average molecular weight is 310 g/mol. The minimum Gasteiger partial charge on any atom is -0.391 e. The molecule has 2 aromatic heterocycles. The summed E-state index contributed by atoms with van der Waals surface area (Å²) in [5, 5.41) is 14.1. The standard InChI is InChI=1S/C18H22N4O/c1-4-14(23)10-19-17-15-11(2)12(3)20-18(15)22-16(21-17)13-8-6-5-7-9-13/h5-9,14,23H,4,10H2,1-3H3,(H2,19,20,21,22). The maximum atomic E-state index is 9.84. The molecule has 0 radical (unpaired) electrons. The van der Waals surface area contributed by atoms with Crippen LogP contribution >= 0.6 is 0 Å². The molecule has 5 nitrogen and oxygen atoms in total. The van der Waals surface area contributed by atoms with Gasteiger partial charge >= 0.3 is 0 Å². The number of aromatic amines is 1. The van der Waals surface area contributed by atoms with Crippen molar-refractivity contribution in [2.45, 2.75) is 33.3 Å². The molecule has 0 fully saturated rings. The Hall–Kier alpha value is -2.40. The lowest BCUT2D eigenvalue weighted by molar-refractivity contribution is 0.183. The van der Waals surface area contributed by atoms with Crippen molar-refractivity contribution in [2.75, 3.05) is 11.9 Å². The van der Waals surface area contributed by atoms with E-state index in [1.165, 1.54) is 0 Å². The van der Waals surface area contributed by atoms with Gasteiger partial charge in [-0.3, -0.25) is 0 Å². The van der Waals surface area contributed by atoms with Crippen molar-refractivity contribution in [1.29, 1.82) is 0 Å². The molecule has 0 bridgehead atoms. The van der Waals surface area contributed by atoms with Crippen LogP contribution in [0.2, 0.25) is 0 Å². The first-order chi connectivity index (χ1) is 11.1. The first kappa shape index (κ1) is 15.5. The van der Waals surface area contributed by atoms with Gasteiger partial charge in [-0.1, -0.05) is 37.3 Å². The van der Waals surface area contributed by atoms with Gasteiger partial charge in [-0.15, -0.1) is 0 Å². The zero-order valence-electron chi connectivity index (χ0n) is 13.7. The second-order valence-electron chi connectivity index (χ2n) is 5.80. The molecule has 0 spiro atoms. The summed E-state index contributed by atoms with van der Waals surface area (Å²) in [6.45, 7) is 6.52. The summed E-state index contributed by atoms with van der Waals surface area (Å²) in [4.78, 5) is 12.7. The SMILES string of the molecule is CCC(O)CNc1nc(-c2ccccc2)nc2[nH]c(C)c(C)c12. The largest absolute Gasteiger partial charge is 0.391 e. The topological polar surface area (TPSA) is 73.8 Å². The van der Waals surface area contributed by atoms with Gasteiger partial charge < -0.3 is 15.4 Å². The van der Waals surface area contributed by atoms with E-state index in [4.69, 9.17) is 4.98 Å².